The van der Waals surface area contributed by atoms with Gasteiger partial charge in [0.25, 0.3) is 5.91 Å². The lowest BCUT2D eigenvalue weighted by atomic mass is 10.1. The molecule has 0 radical (unpaired) electrons. The van der Waals surface area contributed by atoms with E-state index in [9.17, 15) is 9.59 Å². The fourth-order valence-corrected chi connectivity index (χ4v) is 2.69. The standard InChI is InChI=1S/C18H28N2O4/c1-14(2)13-24-15-7-10-20(11-8-15)17(21)6-3-9-19-18(22)16-5-4-12-23-16/h4-5,12,14-15H,3,6-11,13H2,1-2H3,(H,19,22). The van der Waals surface area contributed by atoms with Crippen molar-refractivity contribution < 1.29 is 18.7 Å². The number of amides is 2. The number of ether oxygens (including phenoxy) is 1. The summed E-state index contributed by atoms with van der Waals surface area (Å²) in [5.41, 5.74) is 0. The maximum absolute atomic E-state index is 12.2. The highest BCUT2D eigenvalue weighted by molar-refractivity contribution is 5.91. The molecular formula is C18H28N2O4. The summed E-state index contributed by atoms with van der Waals surface area (Å²) >= 11 is 0. The number of nitrogens with zero attached hydrogens (tertiary/aromatic N) is 1. The molecular weight excluding hydrogens is 308 g/mol. The Balaban J connectivity index is 1.57. The SMILES string of the molecule is CC(C)COC1CCN(C(=O)CCCNC(=O)c2ccco2)CC1. The van der Waals surface area contributed by atoms with E-state index in [0.29, 0.717) is 31.1 Å². The van der Waals surface area contributed by atoms with Crippen molar-refractivity contribution in [1.29, 1.82) is 0 Å². The Kier molecular flexibility index (Phi) is 7.31. The van der Waals surface area contributed by atoms with E-state index in [0.717, 1.165) is 32.5 Å². The van der Waals surface area contributed by atoms with E-state index in [-0.39, 0.29) is 17.9 Å². The average molecular weight is 336 g/mol. The number of carbonyl (C=O) groups is 2. The molecule has 1 aromatic rings. The number of furan rings is 1. The quantitative estimate of drug-likeness (QED) is 0.740. The second-order valence-electron chi connectivity index (χ2n) is 6.64. The topological polar surface area (TPSA) is 71.8 Å². The summed E-state index contributed by atoms with van der Waals surface area (Å²) in [6.07, 6.45) is 4.66. The molecule has 0 spiro atoms. The van der Waals surface area contributed by atoms with Crippen molar-refractivity contribution in [2.45, 2.75) is 45.6 Å². The van der Waals surface area contributed by atoms with Crippen LogP contribution in [0.3, 0.4) is 0 Å². The summed E-state index contributed by atoms with van der Waals surface area (Å²) in [5, 5.41) is 2.75. The zero-order valence-electron chi connectivity index (χ0n) is 14.6. The lowest BCUT2D eigenvalue weighted by molar-refractivity contribution is -0.134. The minimum Gasteiger partial charge on any atom is -0.459 e. The van der Waals surface area contributed by atoms with Gasteiger partial charge in [-0.3, -0.25) is 9.59 Å². The Morgan fingerprint density at radius 3 is 2.75 bits per heavy atom. The van der Waals surface area contributed by atoms with Gasteiger partial charge in [-0.15, -0.1) is 0 Å². The molecule has 2 amide bonds. The van der Waals surface area contributed by atoms with E-state index in [4.69, 9.17) is 9.15 Å². The van der Waals surface area contributed by atoms with Crippen molar-refractivity contribution in [2.24, 2.45) is 5.92 Å². The zero-order chi connectivity index (χ0) is 17.4. The predicted octanol–water partition coefficient (Wildman–Crippen LogP) is 2.45. The van der Waals surface area contributed by atoms with E-state index < -0.39 is 0 Å². The van der Waals surface area contributed by atoms with Crippen LogP contribution < -0.4 is 5.32 Å². The van der Waals surface area contributed by atoms with E-state index in [1.807, 2.05) is 4.90 Å². The normalized spacial score (nSPS) is 15.7. The van der Waals surface area contributed by atoms with Crippen LogP contribution in [0.1, 0.15) is 50.1 Å². The molecule has 0 saturated carbocycles. The maximum Gasteiger partial charge on any atom is 0.286 e. The summed E-state index contributed by atoms with van der Waals surface area (Å²) in [6.45, 7) is 7.07. The van der Waals surface area contributed by atoms with Crippen LogP contribution in [0.15, 0.2) is 22.8 Å². The fourth-order valence-electron chi connectivity index (χ4n) is 2.69. The molecule has 134 valence electrons. The molecule has 2 heterocycles. The van der Waals surface area contributed by atoms with E-state index in [1.165, 1.54) is 6.26 Å². The summed E-state index contributed by atoms with van der Waals surface area (Å²) in [5.74, 6) is 0.756. The molecule has 2 rings (SSSR count). The molecule has 0 unspecified atom stereocenters. The highest BCUT2D eigenvalue weighted by Crippen LogP contribution is 2.15. The average Bonchev–Trinajstić information content (AvgIpc) is 3.11. The number of piperidine rings is 1. The minimum atomic E-state index is -0.240. The van der Waals surface area contributed by atoms with Crippen LogP contribution in [0.25, 0.3) is 0 Å². The Bertz CT molecular complexity index is 505. The first-order chi connectivity index (χ1) is 11.6. The molecule has 1 aromatic heterocycles. The number of hydrogen-bond acceptors (Lipinski definition) is 4. The van der Waals surface area contributed by atoms with Gasteiger partial charge >= 0.3 is 0 Å². The molecule has 0 atom stereocenters. The van der Waals surface area contributed by atoms with E-state index in [1.54, 1.807) is 12.1 Å². The molecule has 1 N–H and O–H groups in total. The fraction of sp³-hybridized carbons (Fsp3) is 0.667. The molecule has 1 fully saturated rings. The van der Waals surface area contributed by atoms with Gasteiger partial charge in [-0.1, -0.05) is 13.8 Å². The van der Waals surface area contributed by atoms with Crippen LogP contribution in [0.4, 0.5) is 0 Å². The van der Waals surface area contributed by atoms with Crippen molar-refractivity contribution in [2.75, 3.05) is 26.2 Å². The molecule has 24 heavy (non-hydrogen) atoms. The van der Waals surface area contributed by atoms with Crippen molar-refractivity contribution in [3.05, 3.63) is 24.2 Å². The maximum atomic E-state index is 12.2. The molecule has 6 heteroatoms. The summed E-state index contributed by atoms with van der Waals surface area (Å²) in [6, 6.07) is 3.29. The Morgan fingerprint density at radius 1 is 1.38 bits per heavy atom. The molecule has 1 aliphatic heterocycles. The molecule has 1 aliphatic rings. The monoisotopic (exact) mass is 336 g/mol. The first-order valence-electron chi connectivity index (χ1n) is 8.77. The first-order valence-corrected chi connectivity index (χ1v) is 8.77. The number of hydrogen-bond donors (Lipinski definition) is 1. The van der Waals surface area contributed by atoms with Gasteiger partial charge < -0.3 is 19.4 Å². The van der Waals surface area contributed by atoms with Crippen molar-refractivity contribution in [1.82, 2.24) is 10.2 Å². The summed E-state index contributed by atoms with van der Waals surface area (Å²) < 4.78 is 10.9. The van der Waals surface area contributed by atoms with Crippen LogP contribution in [-0.2, 0) is 9.53 Å². The smallest absolute Gasteiger partial charge is 0.286 e. The molecule has 0 aromatic carbocycles. The van der Waals surface area contributed by atoms with E-state index >= 15 is 0 Å². The van der Waals surface area contributed by atoms with Crippen molar-refractivity contribution in [3.63, 3.8) is 0 Å². The van der Waals surface area contributed by atoms with Gasteiger partial charge in [-0.25, -0.2) is 0 Å². The van der Waals surface area contributed by atoms with Crippen LogP contribution in [0.2, 0.25) is 0 Å². The molecule has 0 aliphatic carbocycles. The first kappa shape index (κ1) is 18.5. The van der Waals surface area contributed by atoms with Crippen LogP contribution >= 0.6 is 0 Å². The third-order valence-corrected chi connectivity index (χ3v) is 4.06. The van der Waals surface area contributed by atoms with E-state index in [2.05, 4.69) is 19.2 Å². The van der Waals surface area contributed by atoms with Gasteiger partial charge in [0.2, 0.25) is 5.91 Å². The minimum absolute atomic E-state index is 0.157. The van der Waals surface area contributed by atoms with Gasteiger partial charge in [0.05, 0.1) is 12.4 Å². The van der Waals surface area contributed by atoms with Gasteiger partial charge in [-0.05, 0) is 37.3 Å². The highest BCUT2D eigenvalue weighted by Gasteiger charge is 2.23. The Hall–Kier alpha value is -1.82. The third-order valence-electron chi connectivity index (χ3n) is 4.06. The zero-order valence-corrected chi connectivity index (χ0v) is 14.6. The summed E-state index contributed by atoms with van der Waals surface area (Å²) in [4.78, 5) is 25.8. The number of nitrogens with one attached hydrogen (secondary N) is 1. The largest absolute Gasteiger partial charge is 0.459 e. The molecule has 0 bridgehead atoms. The van der Waals surface area contributed by atoms with Crippen molar-refractivity contribution >= 4 is 11.8 Å². The van der Waals surface area contributed by atoms with Crippen LogP contribution in [0.5, 0.6) is 0 Å². The second-order valence-corrected chi connectivity index (χ2v) is 6.64. The van der Waals surface area contributed by atoms with Gasteiger partial charge in [-0.2, -0.15) is 0 Å². The van der Waals surface area contributed by atoms with Crippen LogP contribution in [0, 0.1) is 5.92 Å². The molecule has 1 saturated heterocycles. The molecule has 6 nitrogen and oxygen atoms in total. The van der Waals surface area contributed by atoms with Gasteiger partial charge in [0.15, 0.2) is 5.76 Å². The predicted molar refractivity (Wildman–Crippen MR) is 90.7 cm³/mol. The van der Waals surface area contributed by atoms with Gasteiger partial charge in [0.1, 0.15) is 0 Å². The Morgan fingerprint density at radius 2 is 2.12 bits per heavy atom. The van der Waals surface area contributed by atoms with Crippen LogP contribution in [-0.4, -0.2) is 49.1 Å². The van der Waals surface area contributed by atoms with Crippen molar-refractivity contribution in [3.8, 4) is 0 Å². The van der Waals surface area contributed by atoms with Gasteiger partial charge in [0, 0.05) is 32.7 Å². The number of likely N-dealkylation sites (tertiary alicyclic amines) is 1. The lowest BCUT2D eigenvalue weighted by Gasteiger charge is -2.32. The number of rotatable bonds is 8. The third kappa shape index (κ3) is 6.00. The number of carbonyl (C=O) groups excluding carboxylic acids is 2. The second kappa shape index (κ2) is 9.47. The highest BCUT2D eigenvalue weighted by atomic mass is 16.5. The Labute approximate surface area is 143 Å². The lowest BCUT2D eigenvalue weighted by Crippen LogP contribution is -2.41. The summed E-state index contributed by atoms with van der Waals surface area (Å²) in [7, 11) is 0.